The second kappa shape index (κ2) is 11.8. The number of carbonyl (C=O) groups is 3. The maximum Gasteiger partial charge on any atom is 0.229 e. The van der Waals surface area contributed by atoms with Gasteiger partial charge in [0.1, 0.15) is 35.8 Å². The second-order valence-corrected chi connectivity index (χ2v) is 17.1. The van der Waals surface area contributed by atoms with Crippen LogP contribution in [-0.2, 0) is 23.9 Å². The van der Waals surface area contributed by atoms with Crippen molar-refractivity contribution in [1.29, 1.82) is 0 Å². The van der Waals surface area contributed by atoms with Gasteiger partial charge in [0.15, 0.2) is 11.5 Å². The largest absolute Gasteiger partial charge is 0.459 e. The third-order valence-corrected chi connectivity index (χ3v) is 13.2. The topological polar surface area (TPSA) is 211 Å². The van der Waals surface area contributed by atoms with Crippen LogP contribution in [0.3, 0.4) is 0 Å². The van der Waals surface area contributed by atoms with E-state index in [1.165, 1.54) is 6.92 Å². The molecule has 7 N–H and O–H groups in total. The predicted molar refractivity (Wildman–Crippen MR) is 171 cm³/mol. The van der Waals surface area contributed by atoms with Crippen LogP contribution >= 0.6 is 0 Å². The number of ether oxygens (including phenoxy) is 2. The van der Waals surface area contributed by atoms with Gasteiger partial charge in [-0.1, -0.05) is 32.4 Å². The highest BCUT2D eigenvalue weighted by Crippen LogP contribution is 2.74. The summed E-state index contributed by atoms with van der Waals surface area (Å²) in [6.45, 7) is 13.1. The van der Waals surface area contributed by atoms with E-state index in [0.29, 0.717) is 6.42 Å². The van der Waals surface area contributed by atoms with Crippen LogP contribution in [0, 0.1) is 39.4 Å². The van der Waals surface area contributed by atoms with Crippen molar-refractivity contribution in [3.63, 3.8) is 0 Å². The van der Waals surface area contributed by atoms with Gasteiger partial charge in [0, 0.05) is 30.1 Å². The van der Waals surface area contributed by atoms with E-state index >= 15 is 0 Å². The molecule has 0 spiro atoms. The molecule has 5 aliphatic rings. The summed E-state index contributed by atoms with van der Waals surface area (Å²) < 4.78 is 11.5. The molecule has 0 aromatic heterocycles. The number of fused-ring (bicyclic) bond motifs is 5. The minimum absolute atomic E-state index is 0.0396. The maximum atomic E-state index is 14.7. The summed E-state index contributed by atoms with van der Waals surface area (Å²) in [7, 11) is 0. The van der Waals surface area contributed by atoms with Crippen LogP contribution in [-0.4, -0.2) is 108 Å². The Morgan fingerprint density at radius 3 is 2.19 bits per heavy atom. The van der Waals surface area contributed by atoms with Crippen molar-refractivity contribution in [2.24, 2.45) is 39.4 Å². The number of ketones is 3. The number of Topliss-reactive ketones (excluding diaryl/α,β-unsaturated/α-hetero) is 3. The molecule has 1 saturated heterocycles. The molecule has 2 saturated carbocycles. The zero-order valence-electron chi connectivity index (χ0n) is 29.3. The summed E-state index contributed by atoms with van der Waals surface area (Å²) in [6, 6.07) is 0. The lowest BCUT2D eigenvalue weighted by atomic mass is 9.39. The van der Waals surface area contributed by atoms with E-state index in [0.717, 1.165) is 5.57 Å². The van der Waals surface area contributed by atoms with Crippen LogP contribution in [0.4, 0.5) is 0 Å². The molecule has 0 aromatic carbocycles. The van der Waals surface area contributed by atoms with E-state index in [2.05, 4.69) is 0 Å². The third-order valence-electron chi connectivity index (χ3n) is 13.2. The molecule has 12 nitrogen and oxygen atoms in total. The molecule has 0 amide bonds. The Hall–Kier alpha value is -2.03. The van der Waals surface area contributed by atoms with Crippen molar-refractivity contribution in [2.45, 2.75) is 136 Å². The van der Waals surface area contributed by atoms with Crippen LogP contribution in [0.25, 0.3) is 0 Å². The van der Waals surface area contributed by atoms with Crippen LogP contribution in [0.15, 0.2) is 23.5 Å². The summed E-state index contributed by atoms with van der Waals surface area (Å²) in [4.78, 5) is 42.0. The molecule has 4 aliphatic carbocycles. The number of aliphatic hydroxyl groups excluding tert-OH is 5. The van der Waals surface area contributed by atoms with Gasteiger partial charge in [0.2, 0.25) is 12.1 Å². The van der Waals surface area contributed by atoms with Gasteiger partial charge < -0.3 is 45.2 Å². The summed E-state index contributed by atoms with van der Waals surface area (Å²) in [5.41, 5.74) is -6.30. The fourth-order valence-electron chi connectivity index (χ4n) is 10.2. The molecule has 13 atom stereocenters. The Morgan fingerprint density at radius 1 is 0.979 bits per heavy atom. The average molecular weight is 679 g/mol. The second-order valence-electron chi connectivity index (χ2n) is 17.1. The molecule has 0 unspecified atom stereocenters. The van der Waals surface area contributed by atoms with Gasteiger partial charge in [-0.2, -0.15) is 0 Å². The third kappa shape index (κ3) is 5.28. The SMILES string of the molecule is CC(C)(O)CCC(=O)[C@](C)(O)[C@@H]1[C@H](O)C[C@@]2(C)[C@@H]3CC=C4[C@H](C=C(O[C@H]5O[C@@H](CO)[C@H](O)[C@@H](O)[C@@H]5O)C(=O)C4(C)C)[C@]3(C)C(=O)C[C@]12C. The van der Waals surface area contributed by atoms with Gasteiger partial charge in [0.25, 0.3) is 0 Å². The summed E-state index contributed by atoms with van der Waals surface area (Å²) in [5, 5.41) is 74.5. The lowest BCUT2D eigenvalue weighted by molar-refractivity contribution is -0.291. The first-order valence-electron chi connectivity index (χ1n) is 17.0. The molecule has 0 radical (unpaired) electrons. The zero-order valence-corrected chi connectivity index (χ0v) is 29.3. The Bertz CT molecular complexity index is 1410. The minimum Gasteiger partial charge on any atom is -0.459 e. The predicted octanol–water partition coefficient (Wildman–Crippen LogP) is 1.10. The molecule has 270 valence electrons. The highest BCUT2D eigenvalue weighted by atomic mass is 16.7. The lowest BCUT2D eigenvalue weighted by Crippen LogP contribution is -2.64. The number of allylic oxidation sites excluding steroid dienone is 4. The molecule has 0 bridgehead atoms. The van der Waals surface area contributed by atoms with Crippen LogP contribution in [0.1, 0.15) is 87.5 Å². The number of hydrogen-bond donors (Lipinski definition) is 7. The maximum absolute atomic E-state index is 14.7. The van der Waals surface area contributed by atoms with E-state index in [1.807, 2.05) is 26.8 Å². The van der Waals surface area contributed by atoms with Gasteiger partial charge in [-0.05, 0) is 76.7 Å². The Kier molecular flexibility index (Phi) is 9.12. The van der Waals surface area contributed by atoms with Crippen molar-refractivity contribution < 1.29 is 59.6 Å². The summed E-state index contributed by atoms with van der Waals surface area (Å²) in [5.74, 6) is -3.21. The highest BCUT2D eigenvalue weighted by Gasteiger charge is 2.74. The molecular weight excluding hydrogens is 624 g/mol. The van der Waals surface area contributed by atoms with Gasteiger partial charge in [0.05, 0.1) is 23.7 Å². The van der Waals surface area contributed by atoms with E-state index in [-0.39, 0.29) is 43.1 Å². The fourth-order valence-corrected chi connectivity index (χ4v) is 10.2. The van der Waals surface area contributed by atoms with Gasteiger partial charge in [-0.25, -0.2) is 0 Å². The lowest BCUT2D eigenvalue weighted by Gasteiger charge is -2.63. The Morgan fingerprint density at radius 2 is 1.60 bits per heavy atom. The quantitative estimate of drug-likeness (QED) is 0.180. The number of rotatable bonds is 8. The smallest absolute Gasteiger partial charge is 0.229 e. The Balaban J connectivity index is 1.53. The molecular formula is C36H54O12. The van der Waals surface area contributed by atoms with Gasteiger partial charge in [-0.3, -0.25) is 14.4 Å². The van der Waals surface area contributed by atoms with Crippen molar-refractivity contribution in [3.8, 4) is 0 Å². The summed E-state index contributed by atoms with van der Waals surface area (Å²) >= 11 is 0. The number of aliphatic hydroxyl groups is 7. The average Bonchev–Trinajstić information content (AvgIpc) is 3.19. The van der Waals surface area contributed by atoms with E-state index in [1.54, 1.807) is 33.8 Å². The molecule has 12 heteroatoms. The molecule has 5 rings (SSSR count). The van der Waals surface area contributed by atoms with Crippen molar-refractivity contribution in [3.05, 3.63) is 23.5 Å². The molecule has 3 fully saturated rings. The molecule has 0 aromatic rings. The Labute approximate surface area is 281 Å². The number of carbonyl (C=O) groups excluding carboxylic acids is 3. The van der Waals surface area contributed by atoms with Crippen LogP contribution in [0.5, 0.6) is 0 Å². The van der Waals surface area contributed by atoms with Gasteiger partial charge in [-0.15, -0.1) is 0 Å². The van der Waals surface area contributed by atoms with Crippen molar-refractivity contribution >= 4 is 17.3 Å². The normalized spacial score (nSPS) is 45.3. The monoisotopic (exact) mass is 678 g/mol. The molecule has 1 heterocycles. The van der Waals surface area contributed by atoms with Crippen molar-refractivity contribution in [1.82, 2.24) is 0 Å². The first-order valence-corrected chi connectivity index (χ1v) is 17.0. The molecule has 1 aliphatic heterocycles. The van der Waals surface area contributed by atoms with E-state index in [9.17, 15) is 50.1 Å². The highest BCUT2D eigenvalue weighted by molar-refractivity contribution is 6.02. The van der Waals surface area contributed by atoms with E-state index < -0.39 is 99.7 Å². The zero-order chi connectivity index (χ0) is 36.2. The first kappa shape index (κ1) is 37.2. The van der Waals surface area contributed by atoms with E-state index in [4.69, 9.17) is 9.47 Å². The summed E-state index contributed by atoms with van der Waals surface area (Å²) in [6.07, 6.45) is -4.80. The molecule has 48 heavy (non-hydrogen) atoms. The van der Waals surface area contributed by atoms with Crippen molar-refractivity contribution in [2.75, 3.05) is 6.61 Å². The fraction of sp³-hybridized carbons (Fsp3) is 0.806. The van der Waals surface area contributed by atoms with Crippen LogP contribution in [0.2, 0.25) is 0 Å². The standard InChI is InChI=1S/C36H54O12/c1-31(2,45)12-11-23(39)36(8,46)28-19(38)14-33(5)22-10-9-17-18(35(22,7)24(40)15-34(28,33)6)13-20(29(44)32(17,3)4)47-30-27(43)26(42)25(41)21(16-37)48-30/h9,13,18-19,21-22,25-28,30,37-38,41-43,45-46H,10-12,14-16H2,1-8H3/t18-,19+,21-,22-,25-,26+,27-,28+,30-,33-,34+,35-,36-/m0/s1. The minimum atomic E-state index is -1.97. The van der Waals surface area contributed by atoms with Gasteiger partial charge >= 0.3 is 0 Å². The number of hydrogen-bond acceptors (Lipinski definition) is 12. The van der Waals surface area contributed by atoms with Crippen LogP contribution < -0.4 is 0 Å². The first-order chi connectivity index (χ1) is 21.9.